The van der Waals surface area contributed by atoms with Crippen LogP contribution < -0.4 is 0 Å². The van der Waals surface area contributed by atoms with Gasteiger partial charge >= 0.3 is 0 Å². The minimum Gasteiger partial charge on any atom is -0.382 e. The molecule has 10 heteroatoms. The zero-order chi connectivity index (χ0) is 26.3. The predicted octanol–water partition coefficient (Wildman–Crippen LogP) is 4.37. The average Bonchev–Trinajstić information content (AvgIpc) is 3.68. The number of aromatic nitrogens is 1. The Bertz CT molecular complexity index is 1150. The molecular formula is C27H35NO7S2. The van der Waals surface area contributed by atoms with E-state index in [4.69, 9.17) is 14.2 Å². The molecule has 0 bridgehead atoms. The molecule has 0 radical (unpaired) electrons. The van der Waals surface area contributed by atoms with Crippen molar-refractivity contribution in [2.24, 2.45) is 5.92 Å². The molecule has 2 aromatic rings. The van der Waals surface area contributed by atoms with Crippen molar-refractivity contribution >= 4 is 32.7 Å². The van der Waals surface area contributed by atoms with Crippen molar-refractivity contribution in [3.8, 4) is 0 Å². The normalized spacial score (nSPS) is 17.5. The molecule has 2 heterocycles. The topological polar surface area (TPSA) is 109 Å². The Balaban J connectivity index is 1.39. The second-order valence-corrected chi connectivity index (χ2v) is 13.1. The van der Waals surface area contributed by atoms with E-state index in [1.54, 1.807) is 37.6 Å². The summed E-state index contributed by atoms with van der Waals surface area (Å²) < 4.78 is 41.1. The third kappa shape index (κ3) is 7.77. The molecular weight excluding hydrogens is 514 g/mol. The Kier molecular flexibility index (Phi) is 10.00. The number of Topliss-reactive ketones (excluding diaryl/α,β-unsaturated/α-hetero) is 2. The first kappa shape index (κ1) is 28.0. The first-order valence-corrected chi connectivity index (χ1v) is 15.2. The van der Waals surface area contributed by atoms with Gasteiger partial charge in [0, 0.05) is 45.3 Å². The van der Waals surface area contributed by atoms with Crippen LogP contribution in [0.3, 0.4) is 0 Å². The van der Waals surface area contributed by atoms with Crippen LogP contribution in [0, 0.1) is 5.92 Å². The molecule has 1 aromatic carbocycles. The van der Waals surface area contributed by atoms with E-state index < -0.39 is 9.84 Å². The summed E-state index contributed by atoms with van der Waals surface area (Å²) in [6.07, 6.45) is 5.73. The Morgan fingerprint density at radius 3 is 2.49 bits per heavy atom. The first-order valence-electron chi connectivity index (χ1n) is 12.9. The monoisotopic (exact) mass is 549 g/mol. The summed E-state index contributed by atoms with van der Waals surface area (Å²) in [4.78, 5) is 31.6. The average molecular weight is 550 g/mol. The van der Waals surface area contributed by atoms with E-state index in [0.29, 0.717) is 68.1 Å². The number of methoxy groups -OCH3 is 1. The fourth-order valence-electron chi connectivity index (χ4n) is 4.57. The molecule has 2 fully saturated rings. The number of nitrogens with zero attached hydrogens (tertiary/aromatic N) is 1. The van der Waals surface area contributed by atoms with Gasteiger partial charge in [-0.15, -0.1) is 11.3 Å². The Morgan fingerprint density at radius 1 is 1.08 bits per heavy atom. The van der Waals surface area contributed by atoms with Gasteiger partial charge in [0.25, 0.3) is 0 Å². The summed E-state index contributed by atoms with van der Waals surface area (Å²) in [6, 6.07) is 6.81. The third-order valence-corrected chi connectivity index (χ3v) is 10.2. The van der Waals surface area contributed by atoms with Crippen molar-refractivity contribution in [2.45, 2.75) is 67.6 Å². The minimum atomic E-state index is -3.28. The highest BCUT2D eigenvalue weighted by Gasteiger charge is 2.37. The lowest BCUT2D eigenvalue weighted by atomic mass is 9.81. The van der Waals surface area contributed by atoms with E-state index >= 15 is 0 Å². The van der Waals surface area contributed by atoms with Crippen molar-refractivity contribution in [3.05, 3.63) is 45.9 Å². The van der Waals surface area contributed by atoms with Crippen molar-refractivity contribution in [3.63, 3.8) is 0 Å². The third-order valence-electron chi connectivity index (χ3n) is 6.94. The van der Waals surface area contributed by atoms with E-state index in [1.165, 1.54) is 11.3 Å². The van der Waals surface area contributed by atoms with Gasteiger partial charge in [-0.2, -0.15) is 0 Å². The summed E-state index contributed by atoms with van der Waals surface area (Å²) in [5.74, 6) is -0.183. The summed E-state index contributed by atoms with van der Waals surface area (Å²) in [5, 5.41) is 0.112. The molecule has 0 amide bonds. The molecule has 202 valence electrons. The number of ketones is 2. The molecule has 1 saturated heterocycles. The van der Waals surface area contributed by atoms with Gasteiger partial charge in [0.15, 0.2) is 20.6 Å². The second kappa shape index (κ2) is 13.2. The molecule has 1 unspecified atom stereocenters. The van der Waals surface area contributed by atoms with Gasteiger partial charge < -0.3 is 14.2 Å². The summed E-state index contributed by atoms with van der Waals surface area (Å²) in [5.41, 5.74) is 0.809. The summed E-state index contributed by atoms with van der Waals surface area (Å²) >= 11 is 1.29. The molecule has 1 aromatic heterocycles. The SMILES string of the molecule is COCCOCc1cnc(C(=O)CCC(=O)C(CC2CCOCC2)c2ccc(S(=O)(=O)C3CC3)cc2)s1. The molecule has 37 heavy (non-hydrogen) atoms. The van der Waals surface area contributed by atoms with Crippen LogP contribution >= 0.6 is 11.3 Å². The number of carbonyl (C=O) groups excluding carboxylic acids is 2. The molecule has 8 nitrogen and oxygen atoms in total. The van der Waals surface area contributed by atoms with E-state index in [9.17, 15) is 18.0 Å². The van der Waals surface area contributed by atoms with Gasteiger partial charge in [0.05, 0.1) is 34.8 Å². The molecule has 4 rings (SSSR count). The zero-order valence-corrected chi connectivity index (χ0v) is 22.9. The van der Waals surface area contributed by atoms with Crippen LogP contribution in [0.15, 0.2) is 35.4 Å². The zero-order valence-electron chi connectivity index (χ0n) is 21.2. The van der Waals surface area contributed by atoms with Crippen LogP contribution in [0.1, 0.15) is 71.1 Å². The molecule has 1 aliphatic carbocycles. The fraction of sp³-hybridized carbons (Fsp3) is 0.593. The molecule has 1 aliphatic heterocycles. The predicted molar refractivity (Wildman–Crippen MR) is 140 cm³/mol. The summed E-state index contributed by atoms with van der Waals surface area (Å²) in [7, 11) is -1.67. The molecule has 2 aliphatic rings. The Morgan fingerprint density at radius 2 is 1.81 bits per heavy atom. The standard InChI is InChI=1S/C27H35NO7S2/c1-33-14-15-35-18-21-17-28-27(36-21)26(30)9-8-25(29)24(16-19-10-12-34-13-11-19)20-2-4-22(5-3-20)37(31,32)23-6-7-23/h2-5,17,19,23-24H,6-16,18H2,1H3. The van der Waals surface area contributed by atoms with Crippen molar-refractivity contribution in [1.29, 1.82) is 0 Å². The maximum absolute atomic E-state index is 13.4. The highest BCUT2D eigenvalue weighted by Crippen LogP contribution is 2.35. The van der Waals surface area contributed by atoms with Crippen molar-refractivity contribution in [1.82, 2.24) is 4.98 Å². The van der Waals surface area contributed by atoms with Crippen LogP contribution in [0.25, 0.3) is 0 Å². The van der Waals surface area contributed by atoms with E-state index in [-0.39, 0.29) is 35.6 Å². The lowest BCUT2D eigenvalue weighted by Gasteiger charge is -2.26. The highest BCUT2D eigenvalue weighted by molar-refractivity contribution is 7.92. The van der Waals surface area contributed by atoms with Crippen LogP contribution in [0.4, 0.5) is 0 Å². The molecule has 1 atom stereocenters. The lowest BCUT2D eigenvalue weighted by molar-refractivity contribution is -0.121. The number of rotatable bonds is 15. The number of benzene rings is 1. The van der Waals surface area contributed by atoms with Crippen molar-refractivity contribution in [2.75, 3.05) is 33.5 Å². The second-order valence-electron chi connectivity index (χ2n) is 9.72. The van der Waals surface area contributed by atoms with Gasteiger partial charge in [-0.25, -0.2) is 13.4 Å². The minimum absolute atomic E-state index is 0.00248. The molecule has 1 saturated carbocycles. The number of sulfone groups is 1. The number of thiazole rings is 1. The summed E-state index contributed by atoms with van der Waals surface area (Å²) in [6.45, 7) is 2.70. The van der Waals surface area contributed by atoms with Gasteiger partial charge in [-0.3, -0.25) is 9.59 Å². The van der Waals surface area contributed by atoms with E-state index in [0.717, 1.165) is 23.3 Å². The Hall–Kier alpha value is -1.98. The lowest BCUT2D eigenvalue weighted by Crippen LogP contribution is -2.22. The Labute approximate surface area is 222 Å². The van der Waals surface area contributed by atoms with Gasteiger partial charge in [-0.1, -0.05) is 12.1 Å². The van der Waals surface area contributed by atoms with Crippen LogP contribution in [0.2, 0.25) is 0 Å². The maximum Gasteiger partial charge on any atom is 0.191 e. The quantitative estimate of drug-likeness (QED) is 0.238. The van der Waals surface area contributed by atoms with Gasteiger partial charge in [0.2, 0.25) is 0 Å². The highest BCUT2D eigenvalue weighted by atomic mass is 32.2. The first-order chi connectivity index (χ1) is 17.9. The van der Waals surface area contributed by atoms with Gasteiger partial charge in [0.1, 0.15) is 5.78 Å². The van der Waals surface area contributed by atoms with Crippen LogP contribution in [-0.4, -0.2) is 63.8 Å². The molecule has 0 spiro atoms. The van der Waals surface area contributed by atoms with Crippen molar-refractivity contribution < 1.29 is 32.2 Å². The van der Waals surface area contributed by atoms with Crippen LogP contribution in [0.5, 0.6) is 0 Å². The number of ether oxygens (including phenoxy) is 3. The van der Waals surface area contributed by atoms with Crippen LogP contribution in [-0.2, 0) is 35.4 Å². The number of carbonyl (C=O) groups is 2. The molecule has 0 N–H and O–H groups in total. The maximum atomic E-state index is 13.4. The van der Waals surface area contributed by atoms with E-state index in [1.807, 2.05) is 0 Å². The number of hydrogen-bond donors (Lipinski definition) is 0. The largest absolute Gasteiger partial charge is 0.382 e. The smallest absolute Gasteiger partial charge is 0.191 e. The fourth-order valence-corrected chi connectivity index (χ4v) is 7.04. The number of hydrogen-bond acceptors (Lipinski definition) is 9. The van der Waals surface area contributed by atoms with E-state index in [2.05, 4.69) is 4.98 Å². The van der Waals surface area contributed by atoms with Gasteiger partial charge in [-0.05, 0) is 55.7 Å².